The lowest BCUT2D eigenvalue weighted by atomic mass is 9.69. The summed E-state index contributed by atoms with van der Waals surface area (Å²) in [7, 11) is 0. The monoisotopic (exact) mass is 588 g/mol. The van der Waals surface area contributed by atoms with Crippen LogP contribution in [0.2, 0.25) is 0 Å². The van der Waals surface area contributed by atoms with Crippen LogP contribution >= 0.6 is 0 Å². The van der Waals surface area contributed by atoms with Crippen molar-refractivity contribution in [1.29, 1.82) is 0 Å². The summed E-state index contributed by atoms with van der Waals surface area (Å²) < 4.78 is 0. The first-order valence-electron chi connectivity index (χ1n) is 18.9. The lowest BCUT2D eigenvalue weighted by Crippen LogP contribution is -2.19. The summed E-state index contributed by atoms with van der Waals surface area (Å²) in [5.41, 5.74) is 20.2. The third-order valence-corrected chi connectivity index (χ3v) is 13.6. The molecule has 0 aromatic heterocycles. The van der Waals surface area contributed by atoms with E-state index in [2.05, 4.69) is 72.8 Å². The molecule has 4 aromatic rings. The molecular weight excluding hydrogens is 540 g/mol. The van der Waals surface area contributed by atoms with Crippen molar-refractivity contribution >= 4 is 0 Å². The molecule has 0 aliphatic heterocycles. The second kappa shape index (κ2) is 10.7. The molecule has 0 heterocycles. The third-order valence-electron chi connectivity index (χ3n) is 13.6. The van der Waals surface area contributed by atoms with Gasteiger partial charge in [-0.3, -0.25) is 0 Å². The van der Waals surface area contributed by atoms with Crippen molar-refractivity contribution in [2.45, 2.75) is 114 Å². The summed E-state index contributed by atoms with van der Waals surface area (Å²) >= 11 is 0. The van der Waals surface area contributed by atoms with Gasteiger partial charge in [0.15, 0.2) is 0 Å². The summed E-state index contributed by atoms with van der Waals surface area (Å²) in [5, 5.41) is 0. The number of hydrogen-bond acceptors (Lipinski definition) is 0. The number of benzene rings is 4. The van der Waals surface area contributed by atoms with Gasteiger partial charge >= 0.3 is 0 Å². The Labute approximate surface area is 270 Å². The van der Waals surface area contributed by atoms with Crippen molar-refractivity contribution < 1.29 is 0 Å². The van der Waals surface area contributed by atoms with Gasteiger partial charge in [0.25, 0.3) is 0 Å². The molecule has 0 unspecified atom stereocenters. The zero-order valence-corrected chi connectivity index (χ0v) is 27.0. The van der Waals surface area contributed by atoms with E-state index in [1.165, 1.54) is 96.3 Å². The highest BCUT2D eigenvalue weighted by molar-refractivity contribution is 6.03. The first-order chi connectivity index (χ1) is 22.4. The quantitative estimate of drug-likeness (QED) is 0.223. The largest absolute Gasteiger partial charge is 0.0619 e. The molecule has 0 nitrogen and oxygen atoms in total. The van der Waals surface area contributed by atoms with E-state index >= 15 is 0 Å². The molecule has 0 radical (unpaired) electrons. The lowest BCUT2D eigenvalue weighted by molar-refractivity contribution is 0.326. The Kier molecular flexibility index (Phi) is 6.44. The van der Waals surface area contributed by atoms with Gasteiger partial charge in [-0.2, -0.15) is 0 Å². The maximum Gasteiger partial charge on any atom is 0.0136 e. The van der Waals surface area contributed by atoms with Crippen LogP contribution in [0.5, 0.6) is 0 Å². The lowest BCUT2D eigenvalue weighted by Gasteiger charge is -2.34. The molecule has 0 heteroatoms. The van der Waals surface area contributed by atoms with Gasteiger partial charge in [0.05, 0.1) is 0 Å². The fourth-order valence-corrected chi connectivity index (χ4v) is 11.9. The molecule has 0 amide bonds. The molecule has 228 valence electrons. The molecule has 10 rings (SSSR count). The summed E-state index contributed by atoms with van der Waals surface area (Å²) in [4.78, 5) is 0. The van der Waals surface area contributed by atoms with Crippen molar-refractivity contribution in [3.05, 3.63) is 106 Å². The number of hydrogen-bond donors (Lipinski definition) is 0. The first-order valence-corrected chi connectivity index (χ1v) is 18.9. The highest BCUT2D eigenvalue weighted by Crippen LogP contribution is 2.68. The molecule has 4 aromatic carbocycles. The van der Waals surface area contributed by atoms with E-state index in [0.29, 0.717) is 17.8 Å². The van der Waals surface area contributed by atoms with Gasteiger partial charge in [0, 0.05) is 17.8 Å². The van der Waals surface area contributed by atoms with Gasteiger partial charge in [-0.1, -0.05) is 131 Å². The molecule has 3 atom stereocenters. The Morgan fingerprint density at radius 2 is 0.578 bits per heavy atom. The van der Waals surface area contributed by atoms with Crippen LogP contribution in [0.1, 0.15) is 147 Å². The average molecular weight is 589 g/mol. The topological polar surface area (TPSA) is 0 Å². The molecule has 3 fully saturated rings. The maximum absolute atomic E-state index is 2.55. The Bertz CT molecular complexity index is 1540. The molecule has 6 aliphatic rings. The van der Waals surface area contributed by atoms with Crippen molar-refractivity contribution in [3.63, 3.8) is 0 Å². The van der Waals surface area contributed by atoms with Crippen LogP contribution in [0, 0.1) is 17.8 Å². The van der Waals surface area contributed by atoms with Crippen LogP contribution in [0.4, 0.5) is 0 Å². The molecule has 0 bridgehead atoms. The van der Waals surface area contributed by atoms with E-state index in [-0.39, 0.29) is 0 Å². The third kappa shape index (κ3) is 3.90. The predicted octanol–water partition coefficient (Wildman–Crippen LogP) is 12.8. The van der Waals surface area contributed by atoms with Crippen molar-refractivity contribution in [1.82, 2.24) is 0 Å². The maximum atomic E-state index is 2.55. The minimum atomic E-state index is 0.546. The summed E-state index contributed by atoms with van der Waals surface area (Å²) in [6, 6.07) is 29.3. The summed E-state index contributed by atoms with van der Waals surface area (Å²) in [6.45, 7) is 0. The SMILES string of the molecule is c1ccc2c(c1)-c1c(c3c(c4c1[C@H](C1CCCCC1)c1ccccc1-4)[C@H](C1CCCCC1)c1ccccc1-3)[C@@H]2C1CCCCC1. The standard InChI is InChI=1S/C45H48/c1-4-16-28(17-5-1)37-31-22-10-13-25-34(31)40-43(37)41-35-26-14-11-23-32(35)38(29-18-6-2-7-19-29)45(41)42-36-27-15-12-24-33(36)39(44(40)42)30-20-8-3-9-21-30/h10-15,22-30,37-39H,1-9,16-21H2/t37-,38-,39-/m1/s1. The van der Waals surface area contributed by atoms with Crippen molar-refractivity contribution in [2.75, 3.05) is 0 Å². The van der Waals surface area contributed by atoms with Crippen LogP contribution in [-0.2, 0) is 0 Å². The molecular formula is C45H48. The van der Waals surface area contributed by atoms with Crippen LogP contribution in [-0.4, -0.2) is 0 Å². The summed E-state index contributed by atoms with van der Waals surface area (Å²) in [6.07, 6.45) is 21.1. The van der Waals surface area contributed by atoms with E-state index in [1.54, 1.807) is 66.8 Å². The van der Waals surface area contributed by atoms with Crippen LogP contribution in [0.15, 0.2) is 72.8 Å². The van der Waals surface area contributed by atoms with E-state index in [0.717, 1.165) is 17.8 Å². The van der Waals surface area contributed by atoms with Gasteiger partial charge in [0.2, 0.25) is 0 Å². The Morgan fingerprint density at radius 1 is 0.311 bits per heavy atom. The second-order valence-electron chi connectivity index (χ2n) is 15.8. The zero-order chi connectivity index (χ0) is 29.5. The Balaban J connectivity index is 1.34. The Morgan fingerprint density at radius 3 is 0.867 bits per heavy atom. The van der Waals surface area contributed by atoms with E-state index in [4.69, 9.17) is 0 Å². The van der Waals surface area contributed by atoms with E-state index < -0.39 is 0 Å². The van der Waals surface area contributed by atoms with Gasteiger partial charge in [-0.25, -0.2) is 0 Å². The first kappa shape index (κ1) is 27.0. The minimum Gasteiger partial charge on any atom is -0.0619 e. The van der Waals surface area contributed by atoms with Crippen LogP contribution in [0.25, 0.3) is 33.4 Å². The fourth-order valence-electron chi connectivity index (χ4n) is 11.9. The minimum absolute atomic E-state index is 0.546. The number of fused-ring (bicyclic) bond motifs is 12. The molecule has 0 spiro atoms. The smallest absolute Gasteiger partial charge is 0.0136 e. The van der Waals surface area contributed by atoms with E-state index in [1.807, 2.05) is 0 Å². The molecule has 45 heavy (non-hydrogen) atoms. The Hall–Kier alpha value is -3.12. The molecule has 0 saturated heterocycles. The number of rotatable bonds is 3. The van der Waals surface area contributed by atoms with Crippen molar-refractivity contribution in [2.24, 2.45) is 17.8 Å². The van der Waals surface area contributed by atoms with Crippen molar-refractivity contribution in [3.8, 4) is 33.4 Å². The molecule has 0 N–H and O–H groups in total. The molecule has 6 aliphatic carbocycles. The van der Waals surface area contributed by atoms with E-state index in [9.17, 15) is 0 Å². The molecule has 3 saturated carbocycles. The van der Waals surface area contributed by atoms with Gasteiger partial charge < -0.3 is 0 Å². The second-order valence-corrected chi connectivity index (χ2v) is 15.8. The zero-order valence-electron chi connectivity index (χ0n) is 27.0. The van der Waals surface area contributed by atoms with Crippen LogP contribution in [0.3, 0.4) is 0 Å². The van der Waals surface area contributed by atoms with Gasteiger partial charge in [-0.15, -0.1) is 0 Å². The van der Waals surface area contributed by atoms with Gasteiger partial charge in [0.1, 0.15) is 0 Å². The normalized spacial score (nSPS) is 25.7. The average Bonchev–Trinajstić information content (AvgIpc) is 3.75. The fraction of sp³-hybridized carbons (Fsp3) is 0.467. The highest BCUT2D eigenvalue weighted by Gasteiger charge is 2.50. The predicted molar refractivity (Wildman–Crippen MR) is 188 cm³/mol. The highest BCUT2D eigenvalue weighted by atomic mass is 14.5. The van der Waals surface area contributed by atoms with Gasteiger partial charge in [-0.05, 0) is 123 Å². The summed E-state index contributed by atoms with van der Waals surface area (Å²) in [5.74, 6) is 3.93. The van der Waals surface area contributed by atoms with Crippen LogP contribution < -0.4 is 0 Å².